The third-order valence-corrected chi connectivity index (χ3v) is 12.5. The molecule has 0 radical (unpaired) electrons. The predicted octanol–water partition coefficient (Wildman–Crippen LogP) is 15.3. The van der Waals surface area contributed by atoms with Gasteiger partial charge in [-0.2, -0.15) is 0 Å². The van der Waals surface area contributed by atoms with Crippen molar-refractivity contribution in [2.45, 2.75) is 0 Å². The Balaban J connectivity index is 1.08. The molecular formula is C58H34N4O. The Labute approximate surface area is 361 Å². The third kappa shape index (κ3) is 5.78. The van der Waals surface area contributed by atoms with Crippen LogP contribution in [0, 0.1) is 0 Å². The van der Waals surface area contributed by atoms with Crippen LogP contribution in [0.4, 0.5) is 0 Å². The van der Waals surface area contributed by atoms with Crippen LogP contribution in [0.3, 0.4) is 0 Å². The number of benzene rings is 10. The molecule has 0 bridgehead atoms. The zero-order valence-corrected chi connectivity index (χ0v) is 33.8. The normalized spacial score (nSPS) is 11.8. The Kier molecular flexibility index (Phi) is 7.84. The van der Waals surface area contributed by atoms with Gasteiger partial charge in [-0.3, -0.25) is 4.98 Å². The van der Waals surface area contributed by atoms with Gasteiger partial charge in [0, 0.05) is 43.8 Å². The van der Waals surface area contributed by atoms with Crippen LogP contribution in [-0.2, 0) is 0 Å². The minimum absolute atomic E-state index is 0.606. The maximum atomic E-state index is 6.36. The second-order valence-corrected chi connectivity index (χ2v) is 16.2. The van der Waals surface area contributed by atoms with Gasteiger partial charge in [-0.25, -0.2) is 15.0 Å². The highest BCUT2D eigenvalue weighted by Gasteiger charge is 2.19. The van der Waals surface area contributed by atoms with Gasteiger partial charge in [-0.05, 0) is 92.0 Å². The van der Waals surface area contributed by atoms with Crippen molar-refractivity contribution < 1.29 is 4.42 Å². The number of para-hydroxylation sites is 1. The maximum absolute atomic E-state index is 6.36. The number of fused-ring (bicyclic) bond motifs is 12. The fourth-order valence-electron chi connectivity index (χ4n) is 9.48. The summed E-state index contributed by atoms with van der Waals surface area (Å²) in [5, 5.41) is 11.4. The molecule has 0 saturated heterocycles. The lowest BCUT2D eigenvalue weighted by Crippen LogP contribution is -1.98. The lowest BCUT2D eigenvalue weighted by Gasteiger charge is -2.15. The minimum Gasteiger partial charge on any atom is -0.456 e. The van der Waals surface area contributed by atoms with Gasteiger partial charge >= 0.3 is 0 Å². The van der Waals surface area contributed by atoms with E-state index in [1.165, 1.54) is 26.9 Å². The summed E-state index contributed by atoms with van der Waals surface area (Å²) in [6.07, 6.45) is 1.92. The third-order valence-electron chi connectivity index (χ3n) is 12.5. The molecule has 13 rings (SSSR count). The van der Waals surface area contributed by atoms with Gasteiger partial charge in [-0.15, -0.1) is 0 Å². The number of hydrogen-bond donors (Lipinski definition) is 0. The van der Waals surface area contributed by atoms with Gasteiger partial charge in [0.25, 0.3) is 0 Å². The maximum Gasteiger partial charge on any atom is 0.160 e. The van der Waals surface area contributed by atoms with Gasteiger partial charge in [0.2, 0.25) is 0 Å². The Hall–Kier alpha value is -8.54. The van der Waals surface area contributed by atoms with Crippen LogP contribution in [0.1, 0.15) is 0 Å². The van der Waals surface area contributed by atoms with Crippen LogP contribution in [0.25, 0.3) is 132 Å². The lowest BCUT2D eigenvalue weighted by molar-refractivity contribution is 0.669. The highest BCUT2D eigenvalue weighted by Crippen LogP contribution is 2.41. The molecule has 63 heavy (non-hydrogen) atoms. The standard InChI is InChI=1S/C58H34N4O/c1-2-14-35(15-3-1)51-33-52(37-26-27-47-46-22-12-13-25-54(46)63-55(47)32-37)62-58(61-51)40-29-38(50-31-36-16-4-5-17-41(36)42-18-6-7-21-45(42)50)28-39(30-40)53-34-59-56-48-23-10-8-19-43(48)44-20-9-11-24-49(44)57(56)60-53/h1-34H. The first-order valence-corrected chi connectivity index (χ1v) is 21.2. The molecular weight excluding hydrogens is 769 g/mol. The average Bonchev–Trinajstić information content (AvgIpc) is 3.74. The predicted molar refractivity (Wildman–Crippen MR) is 260 cm³/mol. The second-order valence-electron chi connectivity index (χ2n) is 16.2. The first kappa shape index (κ1) is 35.2. The monoisotopic (exact) mass is 802 g/mol. The molecule has 0 N–H and O–H groups in total. The lowest BCUT2D eigenvalue weighted by atomic mass is 9.91. The van der Waals surface area contributed by atoms with Crippen LogP contribution in [-0.4, -0.2) is 19.9 Å². The van der Waals surface area contributed by atoms with E-state index in [4.69, 9.17) is 24.4 Å². The van der Waals surface area contributed by atoms with Crippen molar-refractivity contribution in [3.8, 4) is 56.3 Å². The summed E-state index contributed by atoms with van der Waals surface area (Å²) < 4.78 is 6.36. The molecule has 0 fully saturated rings. The van der Waals surface area contributed by atoms with E-state index in [-0.39, 0.29) is 0 Å². The quantitative estimate of drug-likeness (QED) is 0.162. The first-order valence-electron chi connectivity index (χ1n) is 21.2. The van der Waals surface area contributed by atoms with Gasteiger partial charge in [0.15, 0.2) is 5.82 Å². The van der Waals surface area contributed by atoms with E-state index < -0.39 is 0 Å². The summed E-state index contributed by atoms with van der Waals surface area (Å²) in [5.41, 5.74) is 11.7. The van der Waals surface area contributed by atoms with Crippen LogP contribution in [0.5, 0.6) is 0 Å². The molecule has 0 aliphatic carbocycles. The molecule has 0 saturated carbocycles. The highest BCUT2D eigenvalue weighted by molar-refractivity contribution is 6.23. The highest BCUT2D eigenvalue weighted by atomic mass is 16.3. The number of hydrogen-bond acceptors (Lipinski definition) is 5. The topological polar surface area (TPSA) is 64.7 Å². The molecule has 292 valence electrons. The zero-order chi connectivity index (χ0) is 41.4. The van der Waals surface area contributed by atoms with E-state index in [0.717, 1.165) is 99.6 Å². The van der Waals surface area contributed by atoms with E-state index in [1.54, 1.807) is 0 Å². The summed E-state index contributed by atoms with van der Waals surface area (Å²) in [7, 11) is 0. The minimum atomic E-state index is 0.606. The summed E-state index contributed by atoms with van der Waals surface area (Å²) in [5.74, 6) is 0.606. The molecule has 3 aromatic heterocycles. The molecule has 5 heteroatoms. The molecule has 0 aliphatic rings. The Morgan fingerprint density at radius 1 is 0.302 bits per heavy atom. The number of aromatic nitrogens is 4. The largest absolute Gasteiger partial charge is 0.456 e. The molecule has 0 unspecified atom stereocenters. The van der Waals surface area contributed by atoms with Gasteiger partial charge < -0.3 is 4.42 Å². The number of nitrogens with zero attached hydrogens (tertiary/aromatic N) is 4. The van der Waals surface area contributed by atoms with E-state index >= 15 is 0 Å². The fraction of sp³-hybridized carbons (Fsp3) is 0. The Bertz CT molecular complexity index is 3950. The summed E-state index contributed by atoms with van der Waals surface area (Å²) in [6.45, 7) is 0. The van der Waals surface area contributed by atoms with E-state index in [0.29, 0.717) is 5.82 Å². The van der Waals surface area contributed by atoms with Gasteiger partial charge in [0.1, 0.15) is 11.2 Å². The van der Waals surface area contributed by atoms with Crippen molar-refractivity contribution in [3.63, 3.8) is 0 Å². The molecule has 0 aliphatic heterocycles. The summed E-state index contributed by atoms with van der Waals surface area (Å²) in [4.78, 5) is 21.4. The molecule has 0 amide bonds. The number of furan rings is 1. The van der Waals surface area contributed by atoms with E-state index in [2.05, 4.69) is 164 Å². The Morgan fingerprint density at radius 3 is 1.65 bits per heavy atom. The summed E-state index contributed by atoms with van der Waals surface area (Å²) >= 11 is 0. The molecule has 13 aromatic rings. The smallest absolute Gasteiger partial charge is 0.160 e. The van der Waals surface area contributed by atoms with Crippen LogP contribution in [0.15, 0.2) is 211 Å². The first-order chi connectivity index (χ1) is 31.2. The van der Waals surface area contributed by atoms with Gasteiger partial charge in [-0.1, -0.05) is 152 Å². The van der Waals surface area contributed by atoms with Crippen molar-refractivity contribution >= 4 is 76.1 Å². The van der Waals surface area contributed by atoms with Crippen LogP contribution in [0.2, 0.25) is 0 Å². The van der Waals surface area contributed by atoms with Crippen molar-refractivity contribution in [1.29, 1.82) is 0 Å². The van der Waals surface area contributed by atoms with Crippen molar-refractivity contribution in [3.05, 3.63) is 206 Å². The van der Waals surface area contributed by atoms with Gasteiger partial charge in [0.05, 0.1) is 34.3 Å². The molecule has 0 atom stereocenters. The van der Waals surface area contributed by atoms with Crippen molar-refractivity contribution in [2.24, 2.45) is 0 Å². The second kappa shape index (κ2) is 14.0. The molecule has 10 aromatic carbocycles. The molecule has 5 nitrogen and oxygen atoms in total. The number of rotatable bonds is 5. The van der Waals surface area contributed by atoms with Crippen molar-refractivity contribution in [2.75, 3.05) is 0 Å². The zero-order valence-electron chi connectivity index (χ0n) is 33.8. The van der Waals surface area contributed by atoms with Crippen LogP contribution < -0.4 is 0 Å². The fourth-order valence-corrected chi connectivity index (χ4v) is 9.48. The van der Waals surface area contributed by atoms with Crippen molar-refractivity contribution in [1.82, 2.24) is 19.9 Å². The van der Waals surface area contributed by atoms with E-state index in [9.17, 15) is 0 Å². The molecule has 3 heterocycles. The van der Waals surface area contributed by atoms with Crippen LogP contribution >= 0.6 is 0 Å². The average molecular weight is 803 g/mol. The Morgan fingerprint density at radius 2 is 0.873 bits per heavy atom. The summed E-state index contributed by atoms with van der Waals surface area (Å²) in [6, 6.07) is 70.1. The SMILES string of the molecule is c1ccc(-c2cc(-c3ccc4c(c3)oc3ccccc34)nc(-c3cc(-c4cnc5c6ccccc6c6ccccc6c5n4)cc(-c4cc5ccccc5c5ccccc45)c3)n2)cc1. The molecule has 0 spiro atoms. The van der Waals surface area contributed by atoms with E-state index in [1.807, 2.05) is 42.6 Å².